The molecule has 1 atom stereocenters. The SMILES string of the molecule is Cc1cccc(SCC(N)Cc2cc(Br)ccc2F)c1. The Balaban J connectivity index is 1.92. The zero-order valence-corrected chi connectivity index (χ0v) is 13.7. The topological polar surface area (TPSA) is 26.0 Å². The highest BCUT2D eigenvalue weighted by molar-refractivity contribution is 9.10. The third-order valence-corrected chi connectivity index (χ3v) is 4.62. The van der Waals surface area contributed by atoms with Crippen LogP contribution in [-0.2, 0) is 6.42 Å². The van der Waals surface area contributed by atoms with Crippen molar-refractivity contribution in [3.8, 4) is 0 Å². The maximum Gasteiger partial charge on any atom is 0.126 e. The lowest BCUT2D eigenvalue weighted by Gasteiger charge is -2.12. The maximum atomic E-state index is 13.7. The molecule has 2 rings (SSSR count). The van der Waals surface area contributed by atoms with Crippen molar-refractivity contribution in [3.05, 3.63) is 63.9 Å². The Labute approximate surface area is 131 Å². The molecule has 0 heterocycles. The summed E-state index contributed by atoms with van der Waals surface area (Å²) in [7, 11) is 0. The highest BCUT2D eigenvalue weighted by Crippen LogP contribution is 2.22. The summed E-state index contributed by atoms with van der Waals surface area (Å²) in [4.78, 5) is 1.20. The van der Waals surface area contributed by atoms with Crippen LogP contribution in [-0.4, -0.2) is 11.8 Å². The number of rotatable bonds is 5. The van der Waals surface area contributed by atoms with Crippen LogP contribution in [0.2, 0.25) is 0 Å². The Morgan fingerprint density at radius 2 is 2.05 bits per heavy atom. The van der Waals surface area contributed by atoms with E-state index in [9.17, 15) is 4.39 Å². The van der Waals surface area contributed by atoms with E-state index in [4.69, 9.17) is 5.73 Å². The number of benzene rings is 2. The Hall–Kier alpha value is -0.840. The van der Waals surface area contributed by atoms with Crippen molar-refractivity contribution in [3.63, 3.8) is 0 Å². The van der Waals surface area contributed by atoms with Crippen LogP contribution >= 0.6 is 27.7 Å². The zero-order chi connectivity index (χ0) is 14.5. The molecule has 1 nitrogen and oxygen atoms in total. The highest BCUT2D eigenvalue weighted by Gasteiger charge is 2.09. The first-order valence-electron chi connectivity index (χ1n) is 6.43. The van der Waals surface area contributed by atoms with Gasteiger partial charge in [0.2, 0.25) is 0 Å². The standard InChI is InChI=1S/C16H17BrFNS/c1-11-3-2-4-15(7-11)20-10-14(19)9-12-8-13(17)5-6-16(12)18/h2-8,14H,9-10,19H2,1H3. The van der Waals surface area contributed by atoms with Crippen molar-refractivity contribution < 1.29 is 4.39 Å². The van der Waals surface area contributed by atoms with Gasteiger partial charge in [0.25, 0.3) is 0 Å². The molecule has 0 aromatic heterocycles. The highest BCUT2D eigenvalue weighted by atomic mass is 79.9. The second-order valence-electron chi connectivity index (χ2n) is 4.83. The minimum Gasteiger partial charge on any atom is -0.327 e. The van der Waals surface area contributed by atoms with Crippen LogP contribution in [0, 0.1) is 12.7 Å². The zero-order valence-electron chi connectivity index (χ0n) is 11.3. The van der Waals surface area contributed by atoms with Crippen molar-refractivity contribution in [1.29, 1.82) is 0 Å². The molecule has 2 aromatic rings. The maximum absolute atomic E-state index is 13.7. The summed E-state index contributed by atoms with van der Waals surface area (Å²) in [5.41, 5.74) is 8.01. The van der Waals surface area contributed by atoms with Crippen LogP contribution in [0.15, 0.2) is 51.8 Å². The van der Waals surface area contributed by atoms with Crippen LogP contribution in [0.5, 0.6) is 0 Å². The Morgan fingerprint density at radius 1 is 1.25 bits per heavy atom. The number of hydrogen-bond donors (Lipinski definition) is 1. The van der Waals surface area contributed by atoms with Crippen LogP contribution < -0.4 is 5.73 Å². The molecular formula is C16H17BrFNS. The van der Waals surface area contributed by atoms with Crippen molar-refractivity contribution in [2.24, 2.45) is 5.73 Å². The van der Waals surface area contributed by atoms with Gasteiger partial charge in [-0.05, 0) is 49.2 Å². The molecular weight excluding hydrogens is 337 g/mol. The van der Waals surface area contributed by atoms with Gasteiger partial charge in [-0.25, -0.2) is 4.39 Å². The van der Waals surface area contributed by atoms with Gasteiger partial charge in [-0.15, -0.1) is 11.8 Å². The fourth-order valence-electron chi connectivity index (χ4n) is 1.95. The first-order chi connectivity index (χ1) is 9.54. The molecule has 1 unspecified atom stereocenters. The van der Waals surface area contributed by atoms with E-state index in [1.165, 1.54) is 16.5 Å². The molecule has 2 aromatic carbocycles. The number of nitrogens with two attached hydrogens (primary N) is 1. The van der Waals surface area contributed by atoms with Gasteiger partial charge in [-0.2, -0.15) is 0 Å². The molecule has 0 aliphatic rings. The van der Waals surface area contributed by atoms with E-state index >= 15 is 0 Å². The second-order valence-corrected chi connectivity index (χ2v) is 6.84. The van der Waals surface area contributed by atoms with Gasteiger partial charge < -0.3 is 5.73 Å². The van der Waals surface area contributed by atoms with Gasteiger partial charge >= 0.3 is 0 Å². The van der Waals surface area contributed by atoms with E-state index < -0.39 is 0 Å². The smallest absolute Gasteiger partial charge is 0.126 e. The lowest BCUT2D eigenvalue weighted by atomic mass is 10.1. The number of hydrogen-bond acceptors (Lipinski definition) is 2. The molecule has 0 amide bonds. The second kappa shape index (κ2) is 7.25. The molecule has 0 aliphatic heterocycles. The van der Waals surface area contributed by atoms with E-state index in [1.807, 2.05) is 6.07 Å². The molecule has 0 fully saturated rings. The Kier molecular flexibility index (Phi) is 5.64. The van der Waals surface area contributed by atoms with Gasteiger partial charge in [0.15, 0.2) is 0 Å². The van der Waals surface area contributed by atoms with Crippen molar-refractivity contribution in [1.82, 2.24) is 0 Å². The summed E-state index contributed by atoms with van der Waals surface area (Å²) < 4.78 is 14.5. The third kappa shape index (κ3) is 4.62. The quantitative estimate of drug-likeness (QED) is 0.797. The summed E-state index contributed by atoms with van der Waals surface area (Å²) in [5, 5.41) is 0. The predicted molar refractivity (Wildman–Crippen MR) is 87.7 cm³/mol. The average Bonchev–Trinajstić information content (AvgIpc) is 2.41. The van der Waals surface area contributed by atoms with Crippen LogP contribution in [0.4, 0.5) is 4.39 Å². The molecule has 20 heavy (non-hydrogen) atoms. The minimum atomic E-state index is -0.191. The van der Waals surface area contributed by atoms with Gasteiger partial charge in [-0.3, -0.25) is 0 Å². The normalized spacial score (nSPS) is 12.4. The Bertz CT molecular complexity index is 588. The van der Waals surface area contributed by atoms with E-state index in [2.05, 4.69) is 41.1 Å². The summed E-state index contributed by atoms with van der Waals surface area (Å²) in [6, 6.07) is 13.2. The fraction of sp³-hybridized carbons (Fsp3) is 0.250. The first kappa shape index (κ1) is 15.5. The lowest BCUT2D eigenvalue weighted by Crippen LogP contribution is -2.26. The summed E-state index contributed by atoms with van der Waals surface area (Å²) in [6.07, 6.45) is 0.546. The van der Waals surface area contributed by atoms with Crippen molar-refractivity contribution in [2.75, 3.05) is 5.75 Å². The van der Waals surface area contributed by atoms with E-state index in [0.29, 0.717) is 12.0 Å². The van der Waals surface area contributed by atoms with Gasteiger partial charge in [0.05, 0.1) is 0 Å². The molecule has 2 N–H and O–H groups in total. The first-order valence-corrected chi connectivity index (χ1v) is 8.21. The van der Waals surface area contributed by atoms with Crippen LogP contribution in [0.25, 0.3) is 0 Å². The summed E-state index contributed by atoms with van der Waals surface area (Å²) in [6.45, 7) is 2.07. The van der Waals surface area contributed by atoms with Crippen LogP contribution in [0.3, 0.4) is 0 Å². The van der Waals surface area contributed by atoms with E-state index in [1.54, 1.807) is 23.9 Å². The monoisotopic (exact) mass is 353 g/mol. The molecule has 0 aliphatic carbocycles. The van der Waals surface area contributed by atoms with E-state index in [0.717, 1.165) is 10.2 Å². The van der Waals surface area contributed by atoms with Crippen molar-refractivity contribution >= 4 is 27.7 Å². The van der Waals surface area contributed by atoms with Crippen molar-refractivity contribution in [2.45, 2.75) is 24.3 Å². The van der Waals surface area contributed by atoms with Crippen LogP contribution in [0.1, 0.15) is 11.1 Å². The fourth-order valence-corrected chi connectivity index (χ4v) is 3.33. The molecule has 0 radical (unpaired) electrons. The minimum absolute atomic E-state index is 0.0655. The summed E-state index contributed by atoms with van der Waals surface area (Å²) in [5.74, 6) is 0.583. The van der Waals surface area contributed by atoms with Gasteiger partial charge in [-0.1, -0.05) is 33.6 Å². The van der Waals surface area contributed by atoms with Gasteiger partial charge in [0.1, 0.15) is 5.82 Å². The molecule has 106 valence electrons. The number of halogens is 2. The predicted octanol–water partition coefficient (Wildman–Crippen LogP) is 4.56. The number of thioether (sulfide) groups is 1. The summed E-state index contributed by atoms with van der Waals surface area (Å²) >= 11 is 5.07. The van der Waals surface area contributed by atoms with E-state index in [-0.39, 0.29) is 11.9 Å². The number of aryl methyl sites for hydroxylation is 1. The third-order valence-electron chi connectivity index (χ3n) is 2.94. The lowest BCUT2D eigenvalue weighted by molar-refractivity contribution is 0.597. The average molecular weight is 354 g/mol. The molecule has 0 saturated carbocycles. The largest absolute Gasteiger partial charge is 0.327 e. The van der Waals surface area contributed by atoms with Gasteiger partial charge in [0, 0.05) is 21.2 Å². The molecule has 4 heteroatoms. The molecule has 0 saturated heterocycles. The molecule has 0 spiro atoms. The Morgan fingerprint density at radius 3 is 2.80 bits per heavy atom. The molecule has 0 bridgehead atoms.